The van der Waals surface area contributed by atoms with Crippen molar-refractivity contribution in [2.75, 3.05) is 11.4 Å². The van der Waals surface area contributed by atoms with E-state index in [1.54, 1.807) is 0 Å². The van der Waals surface area contributed by atoms with Gasteiger partial charge in [0.15, 0.2) is 5.82 Å². The highest BCUT2D eigenvalue weighted by Crippen LogP contribution is 2.36. The number of carboxylic acids is 1. The molecule has 2 heterocycles. The number of anilines is 1. The summed E-state index contributed by atoms with van der Waals surface area (Å²) < 4.78 is 5.17. The molecule has 0 spiro atoms. The lowest BCUT2D eigenvalue weighted by Crippen LogP contribution is -2.24. The number of aryl methyl sites for hydroxylation is 1. The zero-order valence-electron chi connectivity index (χ0n) is 11.8. The van der Waals surface area contributed by atoms with Gasteiger partial charge >= 0.3 is 5.97 Å². The van der Waals surface area contributed by atoms with Crippen molar-refractivity contribution in [3.05, 3.63) is 41.5 Å². The van der Waals surface area contributed by atoms with Crippen LogP contribution in [0.2, 0.25) is 0 Å². The summed E-state index contributed by atoms with van der Waals surface area (Å²) in [4.78, 5) is 17.7. The fourth-order valence-corrected chi connectivity index (χ4v) is 2.69. The second-order valence-corrected chi connectivity index (χ2v) is 5.18. The zero-order valence-corrected chi connectivity index (χ0v) is 11.8. The van der Waals surface area contributed by atoms with Crippen molar-refractivity contribution in [2.45, 2.75) is 32.2 Å². The van der Waals surface area contributed by atoms with Crippen molar-refractivity contribution in [2.24, 2.45) is 0 Å². The summed E-state index contributed by atoms with van der Waals surface area (Å²) in [5.41, 5.74) is 1.79. The first-order valence-corrected chi connectivity index (χ1v) is 7.07. The molecule has 3 rings (SSSR count). The standard InChI is InChI=1S/C15H17N3O3/c1-2-5-14-16-13(17-21-14)9-18-8-11(15(19)20)10-6-3-4-7-12(10)18/h3-4,6-7,11H,2,5,8-9H2,1H3,(H,19,20). The van der Waals surface area contributed by atoms with Crippen molar-refractivity contribution < 1.29 is 14.4 Å². The lowest BCUT2D eigenvalue weighted by molar-refractivity contribution is -0.138. The molecule has 0 saturated carbocycles. The van der Waals surface area contributed by atoms with Gasteiger partial charge in [-0.25, -0.2) is 0 Å². The van der Waals surface area contributed by atoms with Gasteiger partial charge in [0.2, 0.25) is 5.89 Å². The largest absolute Gasteiger partial charge is 0.481 e. The number of hydrogen-bond donors (Lipinski definition) is 1. The van der Waals surface area contributed by atoms with Gasteiger partial charge in [0.05, 0.1) is 6.54 Å². The van der Waals surface area contributed by atoms with Crippen LogP contribution in [0.3, 0.4) is 0 Å². The summed E-state index contributed by atoms with van der Waals surface area (Å²) in [6.45, 7) is 2.96. The van der Waals surface area contributed by atoms with Crippen LogP contribution in [0.15, 0.2) is 28.8 Å². The van der Waals surface area contributed by atoms with Crippen LogP contribution in [0.25, 0.3) is 0 Å². The van der Waals surface area contributed by atoms with Crippen molar-refractivity contribution in [1.82, 2.24) is 10.1 Å². The molecule has 2 aromatic rings. The Bertz CT molecular complexity index is 653. The van der Waals surface area contributed by atoms with Gasteiger partial charge in [0.1, 0.15) is 5.92 Å². The minimum atomic E-state index is -0.801. The van der Waals surface area contributed by atoms with E-state index in [1.807, 2.05) is 29.2 Å². The van der Waals surface area contributed by atoms with E-state index >= 15 is 0 Å². The Kier molecular flexibility index (Phi) is 3.60. The van der Waals surface area contributed by atoms with Crippen LogP contribution in [-0.4, -0.2) is 27.8 Å². The van der Waals surface area contributed by atoms with Crippen molar-refractivity contribution in [1.29, 1.82) is 0 Å². The third-order valence-electron chi connectivity index (χ3n) is 3.66. The second kappa shape index (κ2) is 5.55. The Morgan fingerprint density at radius 3 is 3.05 bits per heavy atom. The normalized spacial score (nSPS) is 17.0. The number of aliphatic carboxylic acids is 1. The number of fused-ring (bicyclic) bond motifs is 1. The Balaban J connectivity index is 1.81. The highest BCUT2D eigenvalue weighted by Gasteiger charge is 2.33. The predicted octanol–water partition coefficient (Wildman–Crippen LogP) is 2.21. The van der Waals surface area contributed by atoms with Crippen molar-refractivity contribution in [3.8, 4) is 0 Å². The van der Waals surface area contributed by atoms with E-state index in [0.717, 1.165) is 24.1 Å². The molecule has 21 heavy (non-hydrogen) atoms. The molecule has 1 unspecified atom stereocenters. The summed E-state index contributed by atoms with van der Waals surface area (Å²) in [5, 5.41) is 13.3. The minimum absolute atomic E-state index is 0.437. The van der Waals surface area contributed by atoms with E-state index in [1.165, 1.54) is 0 Å². The molecule has 110 valence electrons. The van der Waals surface area contributed by atoms with E-state index in [-0.39, 0.29) is 0 Å². The van der Waals surface area contributed by atoms with Crippen molar-refractivity contribution >= 4 is 11.7 Å². The van der Waals surface area contributed by atoms with E-state index in [0.29, 0.717) is 24.8 Å². The van der Waals surface area contributed by atoms with Crippen LogP contribution in [0.5, 0.6) is 0 Å². The molecule has 0 fully saturated rings. The molecule has 6 nitrogen and oxygen atoms in total. The number of aromatic nitrogens is 2. The molecule has 1 aromatic carbocycles. The molecule has 1 N–H and O–H groups in total. The first-order chi connectivity index (χ1) is 10.2. The highest BCUT2D eigenvalue weighted by atomic mass is 16.5. The molecular weight excluding hydrogens is 270 g/mol. The van der Waals surface area contributed by atoms with E-state index < -0.39 is 11.9 Å². The summed E-state index contributed by atoms with van der Waals surface area (Å²) >= 11 is 0. The molecule has 0 saturated heterocycles. The molecule has 6 heteroatoms. The maximum Gasteiger partial charge on any atom is 0.312 e. The SMILES string of the molecule is CCCc1nc(CN2CC(C(=O)O)c3ccccc32)no1. The molecule has 1 atom stereocenters. The summed E-state index contributed by atoms with van der Waals surface area (Å²) in [7, 11) is 0. The van der Waals surface area contributed by atoms with E-state index in [4.69, 9.17) is 4.52 Å². The molecule has 1 aliphatic rings. The first kappa shape index (κ1) is 13.6. The summed E-state index contributed by atoms with van der Waals surface area (Å²) in [5.74, 6) is -0.0676. The average molecular weight is 287 g/mol. The monoisotopic (exact) mass is 287 g/mol. The van der Waals surface area contributed by atoms with Crippen LogP contribution >= 0.6 is 0 Å². The smallest absolute Gasteiger partial charge is 0.312 e. The quantitative estimate of drug-likeness (QED) is 0.908. The van der Waals surface area contributed by atoms with Gasteiger partial charge in [-0.2, -0.15) is 4.98 Å². The van der Waals surface area contributed by atoms with Gasteiger partial charge in [-0.3, -0.25) is 4.79 Å². The van der Waals surface area contributed by atoms with Gasteiger partial charge in [0.25, 0.3) is 0 Å². The van der Waals surface area contributed by atoms with E-state index in [2.05, 4.69) is 17.1 Å². The van der Waals surface area contributed by atoms with E-state index in [9.17, 15) is 9.90 Å². The van der Waals surface area contributed by atoms with Crippen LogP contribution in [0.4, 0.5) is 5.69 Å². The lowest BCUT2D eigenvalue weighted by Gasteiger charge is -2.16. The predicted molar refractivity (Wildman–Crippen MR) is 76.2 cm³/mol. The molecular formula is C15H17N3O3. The summed E-state index contributed by atoms with van der Waals surface area (Å²) in [6.07, 6.45) is 1.72. The van der Waals surface area contributed by atoms with Gasteiger partial charge in [-0.15, -0.1) is 0 Å². The average Bonchev–Trinajstić information content (AvgIpc) is 3.05. The summed E-state index contributed by atoms with van der Waals surface area (Å²) in [6, 6.07) is 7.58. The second-order valence-electron chi connectivity index (χ2n) is 5.18. The molecule has 0 amide bonds. The maximum absolute atomic E-state index is 11.4. The number of rotatable bonds is 5. The van der Waals surface area contributed by atoms with Gasteiger partial charge < -0.3 is 14.5 Å². The molecule has 0 aliphatic carbocycles. The Hall–Kier alpha value is -2.37. The molecule has 0 bridgehead atoms. The fourth-order valence-electron chi connectivity index (χ4n) is 2.69. The molecule has 1 aromatic heterocycles. The van der Waals surface area contributed by atoms with Crippen molar-refractivity contribution in [3.63, 3.8) is 0 Å². The first-order valence-electron chi connectivity index (χ1n) is 7.07. The van der Waals surface area contributed by atoms with Gasteiger partial charge in [-0.05, 0) is 18.1 Å². The highest BCUT2D eigenvalue weighted by molar-refractivity contribution is 5.82. The lowest BCUT2D eigenvalue weighted by atomic mass is 10.0. The van der Waals surface area contributed by atoms with Crippen LogP contribution < -0.4 is 4.90 Å². The number of nitrogens with zero attached hydrogens (tertiary/aromatic N) is 3. The Morgan fingerprint density at radius 1 is 1.48 bits per heavy atom. The van der Waals surface area contributed by atoms with Crippen LogP contribution in [0, 0.1) is 0 Å². The minimum Gasteiger partial charge on any atom is -0.481 e. The number of para-hydroxylation sites is 1. The molecule has 0 radical (unpaired) electrons. The maximum atomic E-state index is 11.4. The molecule has 1 aliphatic heterocycles. The fraction of sp³-hybridized carbons (Fsp3) is 0.400. The third-order valence-corrected chi connectivity index (χ3v) is 3.66. The van der Waals surface area contributed by atoms with Crippen LogP contribution in [0.1, 0.15) is 36.5 Å². The number of carbonyl (C=O) groups is 1. The third kappa shape index (κ3) is 2.61. The number of benzene rings is 1. The Labute approximate surface area is 122 Å². The zero-order chi connectivity index (χ0) is 14.8. The van der Waals surface area contributed by atoms with Crippen LogP contribution in [-0.2, 0) is 17.8 Å². The topological polar surface area (TPSA) is 79.5 Å². The van der Waals surface area contributed by atoms with Gasteiger partial charge in [-0.1, -0.05) is 30.3 Å². The number of carboxylic acid groups (broad SMARTS) is 1. The number of hydrogen-bond acceptors (Lipinski definition) is 5. The Morgan fingerprint density at radius 2 is 2.29 bits per heavy atom. The van der Waals surface area contributed by atoms with Gasteiger partial charge in [0, 0.05) is 18.7 Å².